The largest absolute Gasteiger partial charge is 0.349 e. The summed E-state index contributed by atoms with van der Waals surface area (Å²) >= 11 is 1.62. The van der Waals surface area contributed by atoms with E-state index in [0.29, 0.717) is 23.8 Å². The van der Waals surface area contributed by atoms with E-state index in [9.17, 15) is 14.0 Å². The minimum absolute atomic E-state index is 0.0767. The zero-order chi connectivity index (χ0) is 19.1. The molecule has 27 heavy (non-hydrogen) atoms. The Hall–Kier alpha value is -2.54. The summed E-state index contributed by atoms with van der Waals surface area (Å²) in [5.74, 6) is 0.512. The molecule has 3 N–H and O–H groups in total. The van der Waals surface area contributed by atoms with E-state index in [4.69, 9.17) is 0 Å². The van der Waals surface area contributed by atoms with Crippen LogP contribution >= 0.6 is 11.8 Å². The lowest BCUT2D eigenvalue weighted by Crippen LogP contribution is -2.29. The van der Waals surface area contributed by atoms with Crippen molar-refractivity contribution >= 4 is 29.4 Å². The van der Waals surface area contributed by atoms with E-state index in [2.05, 4.69) is 16.0 Å². The molecule has 1 saturated carbocycles. The third-order valence-corrected chi connectivity index (χ3v) is 5.10. The van der Waals surface area contributed by atoms with E-state index in [1.165, 1.54) is 12.1 Å². The Morgan fingerprint density at radius 1 is 1.04 bits per heavy atom. The lowest BCUT2D eigenvalue weighted by Gasteiger charge is -2.09. The standard InChI is InChI=1S/C20H22FN3O2S/c21-15-4-10-18(11-5-15)27-13-1-12-22-20(26)24-17-6-2-14(3-7-17)19(25)23-16-8-9-16/h2-7,10-11,16H,1,8-9,12-13H2,(H,23,25)(H2,22,24,26). The molecule has 0 saturated heterocycles. The molecule has 0 spiro atoms. The first kappa shape index (κ1) is 19.2. The van der Waals surface area contributed by atoms with Crippen LogP contribution in [0, 0.1) is 5.82 Å². The Morgan fingerprint density at radius 3 is 2.41 bits per heavy atom. The summed E-state index contributed by atoms with van der Waals surface area (Å²) in [4.78, 5) is 24.8. The highest BCUT2D eigenvalue weighted by Crippen LogP contribution is 2.20. The molecule has 2 aromatic rings. The molecule has 0 radical (unpaired) electrons. The Balaban J connectivity index is 1.32. The van der Waals surface area contributed by atoms with E-state index in [-0.39, 0.29) is 17.8 Å². The molecule has 0 bridgehead atoms. The number of urea groups is 1. The maximum atomic E-state index is 12.8. The number of rotatable bonds is 8. The predicted octanol–water partition coefficient (Wildman–Crippen LogP) is 4.02. The molecule has 0 aromatic heterocycles. The minimum Gasteiger partial charge on any atom is -0.349 e. The van der Waals surface area contributed by atoms with Crippen LogP contribution in [0.3, 0.4) is 0 Å². The van der Waals surface area contributed by atoms with Crippen molar-refractivity contribution in [3.8, 4) is 0 Å². The van der Waals surface area contributed by atoms with Gasteiger partial charge in [0.2, 0.25) is 0 Å². The third-order valence-electron chi connectivity index (χ3n) is 4.01. The molecule has 1 aliphatic rings. The van der Waals surface area contributed by atoms with Gasteiger partial charge in [0.1, 0.15) is 5.82 Å². The normalized spacial score (nSPS) is 13.1. The van der Waals surface area contributed by atoms with Crippen LogP contribution in [0.2, 0.25) is 0 Å². The number of carbonyl (C=O) groups excluding carboxylic acids is 2. The Bertz CT molecular complexity index is 777. The van der Waals surface area contributed by atoms with Gasteiger partial charge >= 0.3 is 6.03 Å². The predicted molar refractivity (Wildman–Crippen MR) is 106 cm³/mol. The van der Waals surface area contributed by atoms with Crippen LogP contribution < -0.4 is 16.0 Å². The maximum Gasteiger partial charge on any atom is 0.319 e. The zero-order valence-electron chi connectivity index (χ0n) is 14.8. The van der Waals surface area contributed by atoms with E-state index in [0.717, 1.165) is 29.9 Å². The first-order valence-corrected chi connectivity index (χ1v) is 9.93. The molecule has 1 fully saturated rings. The molecule has 7 heteroatoms. The zero-order valence-corrected chi connectivity index (χ0v) is 15.7. The topological polar surface area (TPSA) is 70.2 Å². The summed E-state index contributed by atoms with van der Waals surface area (Å²) in [5, 5.41) is 8.47. The fourth-order valence-corrected chi connectivity index (χ4v) is 3.22. The van der Waals surface area contributed by atoms with Gasteiger partial charge in [0.15, 0.2) is 0 Å². The Kier molecular flexibility index (Phi) is 6.70. The number of nitrogens with one attached hydrogen (secondary N) is 3. The van der Waals surface area contributed by atoms with E-state index < -0.39 is 0 Å². The van der Waals surface area contributed by atoms with E-state index >= 15 is 0 Å². The van der Waals surface area contributed by atoms with E-state index in [1.807, 2.05) is 0 Å². The average molecular weight is 387 g/mol. The van der Waals surface area contributed by atoms with Gasteiger partial charge in [0.05, 0.1) is 0 Å². The summed E-state index contributed by atoms with van der Waals surface area (Å²) in [7, 11) is 0. The monoisotopic (exact) mass is 387 g/mol. The van der Waals surface area contributed by atoms with Crippen molar-refractivity contribution < 1.29 is 14.0 Å². The fraction of sp³-hybridized carbons (Fsp3) is 0.300. The van der Waals surface area contributed by atoms with Crippen LogP contribution in [0.1, 0.15) is 29.6 Å². The molecule has 5 nitrogen and oxygen atoms in total. The highest BCUT2D eigenvalue weighted by Gasteiger charge is 2.23. The lowest BCUT2D eigenvalue weighted by molar-refractivity contribution is 0.0951. The molecule has 142 valence electrons. The van der Waals surface area contributed by atoms with Crippen molar-refractivity contribution in [1.82, 2.24) is 10.6 Å². The summed E-state index contributed by atoms with van der Waals surface area (Å²) in [5.41, 5.74) is 1.22. The van der Waals surface area contributed by atoms with Crippen molar-refractivity contribution in [3.05, 3.63) is 59.9 Å². The molecule has 0 aliphatic heterocycles. The van der Waals surface area contributed by atoms with Crippen molar-refractivity contribution in [3.63, 3.8) is 0 Å². The Labute approximate surface area is 162 Å². The number of amides is 3. The first-order valence-electron chi connectivity index (χ1n) is 8.94. The number of halogens is 1. The molecule has 3 rings (SSSR count). The number of carbonyl (C=O) groups is 2. The van der Waals surface area contributed by atoms with Crippen molar-refractivity contribution in [2.75, 3.05) is 17.6 Å². The lowest BCUT2D eigenvalue weighted by atomic mass is 10.2. The van der Waals surface area contributed by atoms with Gasteiger partial charge in [0, 0.05) is 28.7 Å². The molecule has 0 heterocycles. The second kappa shape index (κ2) is 9.41. The number of hydrogen-bond donors (Lipinski definition) is 3. The molecule has 0 unspecified atom stereocenters. The molecule has 1 aliphatic carbocycles. The third kappa shape index (κ3) is 6.60. The van der Waals surface area contributed by atoms with Crippen molar-refractivity contribution in [2.45, 2.75) is 30.2 Å². The molecule has 0 atom stereocenters. The van der Waals surface area contributed by atoms with Gasteiger partial charge < -0.3 is 16.0 Å². The molecular formula is C20H22FN3O2S. The number of hydrogen-bond acceptors (Lipinski definition) is 3. The van der Waals surface area contributed by atoms with Gasteiger partial charge in [-0.1, -0.05) is 0 Å². The summed E-state index contributed by atoms with van der Waals surface area (Å²) < 4.78 is 12.8. The van der Waals surface area contributed by atoms with Gasteiger partial charge in [-0.2, -0.15) is 0 Å². The maximum absolute atomic E-state index is 12.8. The molecular weight excluding hydrogens is 365 g/mol. The van der Waals surface area contributed by atoms with Gasteiger partial charge in [-0.3, -0.25) is 4.79 Å². The average Bonchev–Trinajstić information content (AvgIpc) is 3.47. The fourth-order valence-electron chi connectivity index (χ4n) is 2.37. The van der Waals surface area contributed by atoms with Gasteiger partial charge in [-0.15, -0.1) is 11.8 Å². The van der Waals surface area contributed by atoms with Crippen LogP contribution in [0.4, 0.5) is 14.9 Å². The van der Waals surface area contributed by atoms with Crippen molar-refractivity contribution in [1.29, 1.82) is 0 Å². The molecule has 2 aromatic carbocycles. The van der Waals surface area contributed by atoms with Crippen LogP contribution in [-0.2, 0) is 0 Å². The molecule has 3 amide bonds. The van der Waals surface area contributed by atoms with E-state index in [1.54, 1.807) is 48.2 Å². The highest BCUT2D eigenvalue weighted by molar-refractivity contribution is 7.99. The highest BCUT2D eigenvalue weighted by atomic mass is 32.2. The van der Waals surface area contributed by atoms with Gasteiger partial charge in [0.25, 0.3) is 5.91 Å². The number of thioether (sulfide) groups is 1. The second-order valence-corrected chi connectivity index (χ2v) is 7.53. The quantitative estimate of drug-likeness (QED) is 0.473. The minimum atomic E-state index is -0.281. The summed E-state index contributed by atoms with van der Waals surface area (Å²) in [6, 6.07) is 13.2. The number of benzene rings is 2. The SMILES string of the molecule is O=C(NCCCSc1ccc(F)cc1)Nc1ccc(C(=O)NC2CC2)cc1. The second-order valence-electron chi connectivity index (χ2n) is 6.36. The first-order chi connectivity index (χ1) is 13.1. The summed E-state index contributed by atoms with van der Waals surface area (Å²) in [6.07, 6.45) is 2.90. The van der Waals surface area contributed by atoms with Crippen molar-refractivity contribution in [2.24, 2.45) is 0 Å². The van der Waals surface area contributed by atoms with Gasteiger partial charge in [-0.25, -0.2) is 9.18 Å². The summed E-state index contributed by atoms with van der Waals surface area (Å²) in [6.45, 7) is 0.544. The van der Waals surface area contributed by atoms with Crippen LogP contribution in [0.15, 0.2) is 53.4 Å². The van der Waals surface area contributed by atoms with Gasteiger partial charge in [-0.05, 0) is 73.5 Å². The number of anilines is 1. The van der Waals surface area contributed by atoms with Crippen LogP contribution in [0.5, 0.6) is 0 Å². The Morgan fingerprint density at radius 2 is 1.74 bits per heavy atom. The van der Waals surface area contributed by atoms with Crippen LogP contribution in [0.25, 0.3) is 0 Å². The smallest absolute Gasteiger partial charge is 0.319 e. The van der Waals surface area contributed by atoms with Crippen LogP contribution in [-0.4, -0.2) is 30.3 Å².